The molecule has 10 nitrogen and oxygen atoms in total. The molecule has 2 aromatic heterocycles. The van der Waals surface area contributed by atoms with E-state index in [1.165, 1.54) is 6.92 Å². The quantitative estimate of drug-likeness (QED) is 0.335. The smallest absolute Gasteiger partial charge is 0.310 e. The van der Waals surface area contributed by atoms with Crippen LogP contribution in [0.15, 0.2) is 36.4 Å². The number of likely N-dealkylation sites (tertiary alicyclic amines) is 1. The number of carbonyl (C=O) groups is 3. The van der Waals surface area contributed by atoms with Crippen molar-refractivity contribution < 1.29 is 19.1 Å². The van der Waals surface area contributed by atoms with Crippen LogP contribution in [0.3, 0.4) is 0 Å². The number of aromatic nitrogens is 3. The fourth-order valence-corrected chi connectivity index (χ4v) is 4.18. The van der Waals surface area contributed by atoms with Crippen LogP contribution in [0.2, 0.25) is 0 Å². The fraction of sp³-hybridized carbons (Fsp3) is 0.400. The van der Waals surface area contributed by atoms with E-state index < -0.39 is 0 Å². The van der Waals surface area contributed by atoms with Gasteiger partial charge in [-0.3, -0.25) is 14.4 Å². The third-order valence-corrected chi connectivity index (χ3v) is 5.87. The number of rotatable bonds is 8. The third kappa shape index (κ3) is 5.76. The topological polar surface area (TPSA) is 129 Å². The maximum Gasteiger partial charge on any atom is 0.310 e. The van der Waals surface area contributed by atoms with Crippen molar-refractivity contribution >= 4 is 34.6 Å². The molecular formula is C25H30N6O4. The summed E-state index contributed by atoms with van der Waals surface area (Å²) in [5, 5.41) is 6.67. The number of nitrogens with zero attached hydrogens (tertiary/aromatic N) is 3. The number of hydrogen-bond acceptors (Lipinski definition) is 7. The van der Waals surface area contributed by atoms with Crippen LogP contribution in [0.5, 0.6) is 0 Å². The lowest BCUT2D eigenvalue weighted by molar-refractivity contribution is -0.149. The minimum atomic E-state index is -0.312. The standard InChI is InChI=1S/C25H30N6O4/c1-3-35-25(34)18-10-7-13-31(15-18)24(33)20-14-19-22(27-12-11-26-16(2)32)29-21(30-23(19)28-20)17-8-5-4-6-9-17/h4-6,8-9,14,18H,3,7,10-13,15H2,1-2H3,(H,26,32)(H2,27,28,29,30). The number of amides is 2. The summed E-state index contributed by atoms with van der Waals surface area (Å²) in [6, 6.07) is 11.3. The van der Waals surface area contributed by atoms with E-state index in [1.54, 1.807) is 17.9 Å². The van der Waals surface area contributed by atoms with Crippen LogP contribution in [0.4, 0.5) is 5.82 Å². The summed E-state index contributed by atoms with van der Waals surface area (Å²) >= 11 is 0. The Hall–Kier alpha value is -3.95. The van der Waals surface area contributed by atoms with Crippen molar-refractivity contribution in [3.05, 3.63) is 42.1 Å². The second kappa shape index (κ2) is 11.0. The first-order valence-electron chi connectivity index (χ1n) is 11.9. The average molecular weight is 479 g/mol. The molecule has 2 amide bonds. The molecule has 0 bridgehead atoms. The number of carbonyl (C=O) groups excluding carboxylic acids is 3. The first-order valence-corrected chi connectivity index (χ1v) is 11.9. The Labute approximate surface area is 203 Å². The second-order valence-electron chi connectivity index (χ2n) is 8.46. The van der Waals surface area contributed by atoms with E-state index in [4.69, 9.17) is 4.74 Å². The zero-order valence-electron chi connectivity index (χ0n) is 20.0. The average Bonchev–Trinajstić information content (AvgIpc) is 3.31. The van der Waals surface area contributed by atoms with Crippen LogP contribution < -0.4 is 10.6 Å². The fourth-order valence-electron chi connectivity index (χ4n) is 4.18. The van der Waals surface area contributed by atoms with Crippen molar-refractivity contribution in [1.82, 2.24) is 25.2 Å². The number of aromatic amines is 1. The number of ether oxygens (including phenoxy) is 1. The molecule has 35 heavy (non-hydrogen) atoms. The van der Waals surface area contributed by atoms with Crippen LogP contribution in [-0.2, 0) is 14.3 Å². The number of hydrogen-bond donors (Lipinski definition) is 3. The molecular weight excluding hydrogens is 448 g/mol. The van der Waals surface area contributed by atoms with Crippen LogP contribution in [0.1, 0.15) is 37.2 Å². The van der Waals surface area contributed by atoms with E-state index in [9.17, 15) is 14.4 Å². The number of H-pyrrole nitrogens is 1. The largest absolute Gasteiger partial charge is 0.466 e. The molecule has 0 radical (unpaired) electrons. The molecule has 1 aliphatic heterocycles. The first kappa shape index (κ1) is 24.2. The molecule has 10 heteroatoms. The zero-order chi connectivity index (χ0) is 24.8. The summed E-state index contributed by atoms with van der Waals surface area (Å²) in [6.07, 6.45) is 1.45. The van der Waals surface area contributed by atoms with Crippen molar-refractivity contribution in [3.63, 3.8) is 0 Å². The number of anilines is 1. The molecule has 1 unspecified atom stereocenters. The molecule has 184 valence electrons. The molecule has 0 saturated carbocycles. The molecule has 1 aliphatic rings. The molecule has 1 saturated heterocycles. The van der Waals surface area contributed by atoms with Crippen molar-refractivity contribution in [2.45, 2.75) is 26.7 Å². The lowest BCUT2D eigenvalue weighted by Crippen LogP contribution is -2.42. The monoisotopic (exact) mass is 478 g/mol. The minimum Gasteiger partial charge on any atom is -0.466 e. The maximum atomic E-state index is 13.3. The number of benzene rings is 1. The molecule has 3 N–H and O–H groups in total. The van der Waals surface area contributed by atoms with Gasteiger partial charge < -0.3 is 25.3 Å². The predicted molar refractivity (Wildman–Crippen MR) is 132 cm³/mol. The summed E-state index contributed by atoms with van der Waals surface area (Å²) in [5.41, 5.74) is 1.76. The normalized spacial score (nSPS) is 15.6. The zero-order valence-corrected chi connectivity index (χ0v) is 20.0. The molecule has 3 aromatic rings. The van der Waals surface area contributed by atoms with Crippen molar-refractivity contribution in [2.24, 2.45) is 5.92 Å². The van der Waals surface area contributed by atoms with E-state index >= 15 is 0 Å². The van der Waals surface area contributed by atoms with Gasteiger partial charge in [0.1, 0.15) is 17.2 Å². The van der Waals surface area contributed by atoms with E-state index in [0.29, 0.717) is 67.6 Å². The predicted octanol–water partition coefficient (Wildman–Crippen LogP) is 2.59. The van der Waals surface area contributed by atoms with Crippen LogP contribution >= 0.6 is 0 Å². The van der Waals surface area contributed by atoms with Gasteiger partial charge in [0.25, 0.3) is 5.91 Å². The number of nitrogens with one attached hydrogen (secondary N) is 3. The molecule has 3 heterocycles. The number of piperidine rings is 1. The van der Waals surface area contributed by atoms with Crippen molar-refractivity contribution in [2.75, 3.05) is 38.1 Å². The molecule has 1 atom stereocenters. The van der Waals surface area contributed by atoms with Crippen LogP contribution in [0, 0.1) is 5.92 Å². The van der Waals surface area contributed by atoms with Gasteiger partial charge in [-0.2, -0.15) is 0 Å². The van der Waals surface area contributed by atoms with E-state index in [2.05, 4.69) is 25.6 Å². The third-order valence-electron chi connectivity index (χ3n) is 5.87. The lowest BCUT2D eigenvalue weighted by Gasteiger charge is -2.31. The summed E-state index contributed by atoms with van der Waals surface area (Å²) < 4.78 is 5.16. The van der Waals surface area contributed by atoms with Gasteiger partial charge in [0.15, 0.2) is 5.82 Å². The van der Waals surface area contributed by atoms with Gasteiger partial charge in [0, 0.05) is 38.7 Å². The Morgan fingerprint density at radius 3 is 2.71 bits per heavy atom. The van der Waals surface area contributed by atoms with E-state index in [1.807, 2.05) is 30.3 Å². The van der Waals surface area contributed by atoms with Gasteiger partial charge in [-0.25, -0.2) is 9.97 Å². The summed E-state index contributed by atoms with van der Waals surface area (Å²) in [5.74, 6) is 0.210. The lowest BCUT2D eigenvalue weighted by atomic mass is 9.98. The van der Waals surface area contributed by atoms with Gasteiger partial charge in [0.05, 0.1) is 17.9 Å². The van der Waals surface area contributed by atoms with E-state index in [-0.39, 0.29) is 23.7 Å². The molecule has 1 aromatic carbocycles. The summed E-state index contributed by atoms with van der Waals surface area (Å²) in [7, 11) is 0. The Kier molecular flexibility index (Phi) is 7.59. The highest BCUT2D eigenvalue weighted by Gasteiger charge is 2.30. The minimum absolute atomic E-state index is 0.109. The summed E-state index contributed by atoms with van der Waals surface area (Å²) in [4.78, 5) is 50.9. The molecule has 1 fully saturated rings. The molecule has 0 aliphatic carbocycles. The Morgan fingerprint density at radius 2 is 1.97 bits per heavy atom. The second-order valence-corrected chi connectivity index (χ2v) is 8.46. The van der Waals surface area contributed by atoms with Gasteiger partial charge in [-0.15, -0.1) is 0 Å². The highest BCUT2D eigenvalue weighted by molar-refractivity contribution is 6.00. The van der Waals surface area contributed by atoms with Gasteiger partial charge in [-0.1, -0.05) is 30.3 Å². The van der Waals surface area contributed by atoms with Gasteiger partial charge >= 0.3 is 5.97 Å². The highest BCUT2D eigenvalue weighted by atomic mass is 16.5. The first-order chi connectivity index (χ1) is 17.0. The maximum absolute atomic E-state index is 13.3. The Balaban J connectivity index is 1.61. The van der Waals surface area contributed by atoms with Gasteiger partial charge in [0.2, 0.25) is 5.91 Å². The molecule has 4 rings (SSSR count). The van der Waals surface area contributed by atoms with Crippen molar-refractivity contribution in [1.29, 1.82) is 0 Å². The highest BCUT2D eigenvalue weighted by Crippen LogP contribution is 2.27. The number of esters is 1. The van der Waals surface area contributed by atoms with Gasteiger partial charge in [-0.05, 0) is 25.8 Å². The van der Waals surface area contributed by atoms with Crippen LogP contribution in [0.25, 0.3) is 22.4 Å². The Bertz CT molecular complexity index is 1210. The number of fused-ring (bicyclic) bond motifs is 1. The summed E-state index contributed by atoms with van der Waals surface area (Å²) in [6.45, 7) is 5.37. The van der Waals surface area contributed by atoms with Crippen LogP contribution in [-0.4, -0.2) is 70.4 Å². The SMILES string of the molecule is CCOC(=O)C1CCCN(C(=O)c2cc3c(NCCNC(C)=O)nc(-c4ccccc4)nc3[nH]2)C1. The molecule has 0 spiro atoms. The van der Waals surface area contributed by atoms with E-state index in [0.717, 1.165) is 12.0 Å². The van der Waals surface area contributed by atoms with Crippen molar-refractivity contribution in [3.8, 4) is 11.4 Å². The Morgan fingerprint density at radius 1 is 1.17 bits per heavy atom.